The number of aromatic nitrogens is 1. The molecule has 26 heavy (non-hydrogen) atoms. The van der Waals surface area contributed by atoms with E-state index in [9.17, 15) is 4.79 Å². The third kappa shape index (κ3) is 3.16. The van der Waals surface area contributed by atoms with Gasteiger partial charge in [-0.25, -0.2) is 0 Å². The van der Waals surface area contributed by atoms with Gasteiger partial charge in [-0.3, -0.25) is 4.79 Å². The molecule has 1 aliphatic rings. The minimum atomic E-state index is 0.0327. The van der Waals surface area contributed by atoms with Gasteiger partial charge in [0.25, 0.3) is 0 Å². The first-order valence-electron chi connectivity index (χ1n) is 8.95. The molecular weight excluding hydrogens is 324 g/mol. The van der Waals surface area contributed by atoms with E-state index in [-0.39, 0.29) is 5.78 Å². The number of ether oxygens (including phenoxy) is 1. The minimum Gasteiger partial charge on any atom is -0.378 e. The van der Waals surface area contributed by atoms with Gasteiger partial charge in [0.15, 0.2) is 5.78 Å². The van der Waals surface area contributed by atoms with Crippen molar-refractivity contribution >= 4 is 16.7 Å². The molecule has 0 spiro atoms. The Morgan fingerprint density at radius 2 is 1.73 bits per heavy atom. The maximum atomic E-state index is 13.2. The van der Waals surface area contributed by atoms with E-state index in [4.69, 9.17) is 4.74 Å². The molecule has 1 N–H and O–H groups in total. The number of carbonyl (C=O) groups is 1. The molecule has 0 radical (unpaired) electrons. The van der Waals surface area contributed by atoms with Crippen LogP contribution in [0.25, 0.3) is 22.2 Å². The average molecular weight is 346 g/mol. The Kier molecular flexibility index (Phi) is 4.59. The van der Waals surface area contributed by atoms with Gasteiger partial charge in [-0.15, -0.1) is 0 Å². The SMILES string of the molecule is C/C(=C\C(=O)c1c(-c2ccccc2)[nH]c2ccccc12)N1CCOCC1. The second-order valence-corrected chi connectivity index (χ2v) is 6.54. The molecule has 0 bridgehead atoms. The van der Waals surface area contributed by atoms with Crippen LogP contribution in [-0.2, 0) is 4.74 Å². The van der Waals surface area contributed by atoms with Crippen molar-refractivity contribution in [3.05, 3.63) is 71.9 Å². The third-order valence-corrected chi connectivity index (χ3v) is 4.86. The van der Waals surface area contributed by atoms with E-state index >= 15 is 0 Å². The van der Waals surface area contributed by atoms with Crippen LogP contribution < -0.4 is 0 Å². The van der Waals surface area contributed by atoms with Crippen LogP contribution in [-0.4, -0.2) is 42.0 Å². The number of hydrogen-bond acceptors (Lipinski definition) is 3. The highest BCUT2D eigenvalue weighted by Gasteiger charge is 2.19. The molecule has 1 fully saturated rings. The zero-order chi connectivity index (χ0) is 17.9. The summed E-state index contributed by atoms with van der Waals surface area (Å²) < 4.78 is 5.40. The van der Waals surface area contributed by atoms with Crippen molar-refractivity contribution in [2.24, 2.45) is 0 Å². The number of benzene rings is 2. The van der Waals surface area contributed by atoms with Crippen molar-refractivity contribution in [1.82, 2.24) is 9.88 Å². The van der Waals surface area contributed by atoms with Crippen LogP contribution in [0.15, 0.2) is 66.4 Å². The Hall–Kier alpha value is -2.85. The van der Waals surface area contributed by atoms with Crippen LogP contribution in [0.2, 0.25) is 0 Å². The van der Waals surface area contributed by atoms with Crippen LogP contribution in [0.1, 0.15) is 17.3 Å². The van der Waals surface area contributed by atoms with Gasteiger partial charge in [0.05, 0.1) is 24.5 Å². The second kappa shape index (κ2) is 7.18. The van der Waals surface area contributed by atoms with Gasteiger partial charge in [0, 0.05) is 35.8 Å². The standard InChI is InChI=1S/C22H22N2O2/c1-16(24-11-13-26-14-12-24)15-20(25)21-18-9-5-6-10-19(18)23-22(21)17-7-3-2-4-8-17/h2-10,15,23H,11-14H2,1H3/b16-15+. The molecule has 1 saturated heterocycles. The van der Waals surface area contributed by atoms with Gasteiger partial charge in [0.2, 0.25) is 0 Å². The predicted molar refractivity (Wildman–Crippen MR) is 104 cm³/mol. The monoisotopic (exact) mass is 346 g/mol. The number of fused-ring (bicyclic) bond motifs is 1. The van der Waals surface area contributed by atoms with Crippen molar-refractivity contribution in [1.29, 1.82) is 0 Å². The Morgan fingerprint density at radius 3 is 2.50 bits per heavy atom. The number of nitrogens with one attached hydrogen (secondary N) is 1. The zero-order valence-corrected chi connectivity index (χ0v) is 14.9. The molecule has 1 aromatic heterocycles. The number of ketones is 1. The Bertz CT molecular complexity index is 951. The van der Waals surface area contributed by atoms with E-state index in [1.54, 1.807) is 6.08 Å². The molecule has 4 nitrogen and oxygen atoms in total. The number of para-hydroxylation sites is 1. The quantitative estimate of drug-likeness (QED) is 0.567. The molecular formula is C22H22N2O2. The summed E-state index contributed by atoms with van der Waals surface area (Å²) in [6, 6.07) is 18.0. The summed E-state index contributed by atoms with van der Waals surface area (Å²) in [7, 11) is 0. The van der Waals surface area contributed by atoms with E-state index in [1.807, 2.05) is 61.5 Å². The van der Waals surface area contributed by atoms with Gasteiger partial charge < -0.3 is 14.6 Å². The van der Waals surface area contributed by atoms with Crippen LogP contribution in [0, 0.1) is 0 Å². The highest BCUT2D eigenvalue weighted by Crippen LogP contribution is 2.31. The maximum absolute atomic E-state index is 13.2. The summed E-state index contributed by atoms with van der Waals surface area (Å²) in [5.41, 5.74) is 4.60. The third-order valence-electron chi connectivity index (χ3n) is 4.86. The number of morpholine rings is 1. The number of hydrogen-bond donors (Lipinski definition) is 1. The molecule has 1 aliphatic heterocycles. The molecule has 0 aliphatic carbocycles. The summed E-state index contributed by atoms with van der Waals surface area (Å²) in [6.45, 7) is 5.08. The van der Waals surface area contributed by atoms with Gasteiger partial charge in [-0.1, -0.05) is 48.5 Å². The van der Waals surface area contributed by atoms with Crippen LogP contribution in [0.5, 0.6) is 0 Å². The number of allylic oxidation sites excluding steroid dienone is 2. The normalized spacial score (nSPS) is 15.4. The van der Waals surface area contributed by atoms with Crippen LogP contribution >= 0.6 is 0 Å². The Balaban J connectivity index is 1.78. The van der Waals surface area contributed by atoms with E-state index < -0.39 is 0 Å². The maximum Gasteiger partial charge on any atom is 0.190 e. The number of rotatable bonds is 4. The van der Waals surface area contributed by atoms with Crippen molar-refractivity contribution in [2.45, 2.75) is 6.92 Å². The van der Waals surface area contributed by atoms with Crippen molar-refractivity contribution in [3.63, 3.8) is 0 Å². The molecule has 0 amide bonds. The van der Waals surface area contributed by atoms with E-state index in [0.29, 0.717) is 13.2 Å². The lowest BCUT2D eigenvalue weighted by molar-refractivity contribution is 0.0534. The number of carbonyl (C=O) groups excluding carboxylic acids is 1. The first-order valence-corrected chi connectivity index (χ1v) is 8.95. The number of H-pyrrole nitrogens is 1. The molecule has 4 rings (SSSR count). The highest BCUT2D eigenvalue weighted by atomic mass is 16.5. The number of nitrogens with zero attached hydrogens (tertiary/aromatic N) is 1. The van der Waals surface area contributed by atoms with Crippen molar-refractivity contribution in [2.75, 3.05) is 26.3 Å². The van der Waals surface area contributed by atoms with E-state index in [2.05, 4.69) is 9.88 Å². The van der Waals surface area contributed by atoms with Gasteiger partial charge in [-0.2, -0.15) is 0 Å². The predicted octanol–water partition coefficient (Wildman–Crippen LogP) is 4.25. The summed E-state index contributed by atoms with van der Waals surface area (Å²) in [5, 5.41) is 0.961. The summed E-state index contributed by atoms with van der Waals surface area (Å²) in [6.07, 6.45) is 1.76. The van der Waals surface area contributed by atoms with Crippen LogP contribution in [0.4, 0.5) is 0 Å². The van der Waals surface area contributed by atoms with Crippen molar-refractivity contribution < 1.29 is 9.53 Å². The van der Waals surface area contributed by atoms with E-state index in [1.165, 1.54) is 0 Å². The fourth-order valence-corrected chi connectivity index (χ4v) is 3.49. The van der Waals surface area contributed by atoms with Crippen LogP contribution in [0.3, 0.4) is 0 Å². The fraction of sp³-hybridized carbons (Fsp3) is 0.227. The summed E-state index contributed by atoms with van der Waals surface area (Å²) in [5.74, 6) is 0.0327. The smallest absolute Gasteiger partial charge is 0.190 e. The lowest BCUT2D eigenvalue weighted by Gasteiger charge is -2.29. The summed E-state index contributed by atoms with van der Waals surface area (Å²) >= 11 is 0. The highest BCUT2D eigenvalue weighted by molar-refractivity contribution is 6.18. The Morgan fingerprint density at radius 1 is 1.04 bits per heavy atom. The topological polar surface area (TPSA) is 45.3 Å². The minimum absolute atomic E-state index is 0.0327. The molecule has 0 saturated carbocycles. The Labute approximate surface area is 153 Å². The fourth-order valence-electron chi connectivity index (χ4n) is 3.49. The molecule has 4 heteroatoms. The van der Waals surface area contributed by atoms with Gasteiger partial charge in [0.1, 0.15) is 0 Å². The second-order valence-electron chi connectivity index (χ2n) is 6.54. The van der Waals surface area contributed by atoms with Crippen molar-refractivity contribution in [3.8, 4) is 11.3 Å². The zero-order valence-electron chi connectivity index (χ0n) is 14.9. The number of aromatic amines is 1. The molecule has 0 atom stereocenters. The summed E-state index contributed by atoms with van der Waals surface area (Å²) in [4.78, 5) is 18.8. The average Bonchev–Trinajstić information content (AvgIpc) is 3.09. The first-order chi connectivity index (χ1) is 12.7. The lowest BCUT2D eigenvalue weighted by Crippen LogP contribution is -2.35. The van der Waals surface area contributed by atoms with E-state index in [0.717, 1.165) is 46.5 Å². The molecule has 2 aromatic carbocycles. The van der Waals surface area contributed by atoms with Gasteiger partial charge >= 0.3 is 0 Å². The van der Waals surface area contributed by atoms with Gasteiger partial charge in [-0.05, 0) is 18.6 Å². The lowest BCUT2D eigenvalue weighted by atomic mass is 10.0. The molecule has 132 valence electrons. The molecule has 3 aromatic rings. The first kappa shape index (κ1) is 16.6. The molecule has 0 unspecified atom stereocenters. The largest absolute Gasteiger partial charge is 0.378 e. The molecule has 2 heterocycles.